The number of aryl methyl sites for hydroxylation is 1. The summed E-state index contributed by atoms with van der Waals surface area (Å²) in [5, 5.41) is 16.4. The summed E-state index contributed by atoms with van der Waals surface area (Å²) in [7, 11) is 1.38. The molecule has 44 heavy (non-hydrogen) atoms. The number of nitrogens with one attached hydrogen (secondary N) is 2. The maximum atomic E-state index is 13.8. The van der Waals surface area contributed by atoms with Crippen LogP contribution in [-0.4, -0.2) is 70.5 Å². The smallest absolute Gasteiger partial charge is 0.305 e. The molecule has 11 heteroatoms. The molecule has 2 aromatic rings. The van der Waals surface area contributed by atoms with Gasteiger partial charge in [0.15, 0.2) is 0 Å². The molecule has 0 aliphatic carbocycles. The minimum absolute atomic E-state index is 0.0300. The average Bonchev–Trinajstić information content (AvgIpc) is 3.59. The highest BCUT2D eigenvalue weighted by Crippen LogP contribution is 2.29. The number of rotatable bonds is 14. The molecule has 1 saturated heterocycles. The molecule has 1 fully saturated rings. The lowest BCUT2D eigenvalue weighted by Gasteiger charge is -2.35. The zero-order valence-electron chi connectivity index (χ0n) is 26.9. The van der Waals surface area contributed by atoms with E-state index in [0.717, 1.165) is 47.4 Å². The number of ether oxygens (including phenoxy) is 1. The minimum atomic E-state index is -0.851. The van der Waals surface area contributed by atoms with Crippen LogP contribution >= 0.6 is 11.3 Å². The van der Waals surface area contributed by atoms with Crippen molar-refractivity contribution >= 4 is 35.0 Å². The topological polar surface area (TPSA) is 138 Å². The van der Waals surface area contributed by atoms with E-state index in [-0.39, 0.29) is 49.1 Å². The molecule has 0 bridgehead atoms. The Balaban J connectivity index is 1.57. The third kappa shape index (κ3) is 9.85. The number of nitrogens with zero attached hydrogens (tertiary/aromatic N) is 2. The van der Waals surface area contributed by atoms with E-state index in [1.807, 2.05) is 64.4 Å². The Morgan fingerprint density at radius 3 is 2.27 bits per heavy atom. The van der Waals surface area contributed by atoms with E-state index in [2.05, 4.69) is 20.4 Å². The number of hydrogen-bond acceptors (Lipinski definition) is 8. The van der Waals surface area contributed by atoms with Gasteiger partial charge in [-0.15, -0.1) is 11.3 Å². The van der Waals surface area contributed by atoms with Crippen LogP contribution in [0.5, 0.6) is 0 Å². The Morgan fingerprint density at radius 2 is 1.68 bits per heavy atom. The van der Waals surface area contributed by atoms with Crippen LogP contribution in [0.1, 0.15) is 96.4 Å². The molecule has 1 unspecified atom stereocenters. The number of aromatic nitrogens is 1. The number of carbonyl (C=O) groups excluding carboxylic acids is 4. The van der Waals surface area contributed by atoms with Gasteiger partial charge in [0.2, 0.25) is 17.7 Å². The number of amides is 3. The third-order valence-electron chi connectivity index (χ3n) is 8.07. The first kappa shape index (κ1) is 35.2. The van der Waals surface area contributed by atoms with Crippen molar-refractivity contribution in [1.29, 1.82) is 0 Å². The highest BCUT2D eigenvalue weighted by Gasteiger charge is 2.44. The molecule has 0 radical (unpaired) electrons. The van der Waals surface area contributed by atoms with E-state index in [1.165, 1.54) is 12.0 Å². The maximum absolute atomic E-state index is 13.8. The molecule has 2 heterocycles. The molecule has 1 aromatic carbocycles. The van der Waals surface area contributed by atoms with E-state index in [1.54, 1.807) is 11.3 Å². The molecular weight excluding hydrogens is 580 g/mol. The molecule has 1 aromatic heterocycles. The zero-order chi connectivity index (χ0) is 32.4. The summed E-state index contributed by atoms with van der Waals surface area (Å²) in [6.07, 6.45) is 4.05. The Hall–Kier alpha value is -3.31. The molecule has 3 N–H and O–H groups in total. The number of esters is 1. The van der Waals surface area contributed by atoms with Crippen LogP contribution in [0.25, 0.3) is 10.4 Å². The number of methoxy groups -OCH3 is 1. The highest BCUT2D eigenvalue weighted by atomic mass is 32.1. The highest BCUT2D eigenvalue weighted by molar-refractivity contribution is 7.13. The number of hydrogen-bond donors (Lipinski definition) is 3. The van der Waals surface area contributed by atoms with Gasteiger partial charge in [0.1, 0.15) is 12.1 Å². The van der Waals surface area contributed by atoms with Gasteiger partial charge in [-0.25, -0.2) is 4.98 Å². The number of β-amino-alcohol motifs (C(OH)–C–C–N with tert-alkyl or cyclic N) is 1. The van der Waals surface area contributed by atoms with Crippen LogP contribution < -0.4 is 10.6 Å². The predicted molar refractivity (Wildman–Crippen MR) is 171 cm³/mol. The minimum Gasteiger partial charge on any atom is -0.469 e. The largest absolute Gasteiger partial charge is 0.469 e. The van der Waals surface area contributed by atoms with Crippen molar-refractivity contribution < 1.29 is 29.0 Å². The maximum Gasteiger partial charge on any atom is 0.305 e. The fourth-order valence-electron chi connectivity index (χ4n) is 5.44. The zero-order valence-corrected chi connectivity index (χ0v) is 27.7. The Bertz CT molecular complexity index is 1270. The summed E-state index contributed by atoms with van der Waals surface area (Å²) in [4.78, 5) is 58.2. The molecule has 0 saturated carbocycles. The van der Waals surface area contributed by atoms with Crippen molar-refractivity contribution in [3.8, 4) is 10.4 Å². The first-order valence-corrected chi connectivity index (χ1v) is 16.3. The number of likely N-dealkylation sites (tertiary alicyclic amines) is 1. The Morgan fingerprint density at radius 1 is 1.05 bits per heavy atom. The lowest BCUT2D eigenvalue weighted by atomic mass is 9.85. The number of aliphatic hydroxyl groups is 1. The van der Waals surface area contributed by atoms with Gasteiger partial charge in [0, 0.05) is 25.8 Å². The number of aliphatic hydroxyl groups excluding tert-OH is 1. The van der Waals surface area contributed by atoms with Crippen LogP contribution in [0.3, 0.4) is 0 Å². The molecule has 0 spiro atoms. The van der Waals surface area contributed by atoms with Gasteiger partial charge in [-0.2, -0.15) is 0 Å². The van der Waals surface area contributed by atoms with Gasteiger partial charge in [-0.3, -0.25) is 19.2 Å². The van der Waals surface area contributed by atoms with Gasteiger partial charge in [0.05, 0.1) is 35.3 Å². The second kappa shape index (κ2) is 16.1. The van der Waals surface area contributed by atoms with Crippen molar-refractivity contribution in [3.05, 3.63) is 41.0 Å². The van der Waals surface area contributed by atoms with Crippen LogP contribution in [0.4, 0.5) is 0 Å². The fraction of sp³-hybridized carbons (Fsp3) is 0.606. The molecule has 3 rings (SSSR count). The third-order valence-corrected chi connectivity index (χ3v) is 9.05. The van der Waals surface area contributed by atoms with Gasteiger partial charge in [-0.05, 0) is 43.2 Å². The summed E-state index contributed by atoms with van der Waals surface area (Å²) < 4.78 is 4.65. The first-order chi connectivity index (χ1) is 20.8. The SMILES string of the molecule is COC(=O)CCCCCCCC(=O)NC(C(=O)N1C[C@H](O)C[C@H]1C(=O)N[C@@H](C)c1ccc(-c2scnc2C)cc1)C(C)(C)C. The predicted octanol–water partition coefficient (Wildman–Crippen LogP) is 4.69. The summed E-state index contributed by atoms with van der Waals surface area (Å²) in [6, 6.07) is 5.96. The van der Waals surface area contributed by atoms with E-state index in [4.69, 9.17) is 0 Å². The number of carbonyl (C=O) groups is 4. The summed E-state index contributed by atoms with van der Waals surface area (Å²) in [6.45, 7) is 9.51. The van der Waals surface area contributed by atoms with E-state index < -0.39 is 23.6 Å². The number of thiazole rings is 1. The molecule has 10 nitrogen and oxygen atoms in total. The van der Waals surface area contributed by atoms with Crippen molar-refractivity contribution in [1.82, 2.24) is 20.5 Å². The normalized spacial score (nSPS) is 18.0. The first-order valence-electron chi connectivity index (χ1n) is 15.5. The molecule has 1 aliphatic heterocycles. The number of unbranched alkanes of at least 4 members (excludes halogenated alkanes) is 4. The molecule has 242 valence electrons. The van der Waals surface area contributed by atoms with Crippen molar-refractivity contribution in [2.24, 2.45) is 5.41 Å². The van der Waals surface area contributed by atoms with Gasteiger partial charge < -0.3 is 25.4 Å². The second-order valence-corrected chi connectivity index (χ2v) is 13.6. The molecule has 4 atom stereocenters. The van der Waals surface area contributed by atoms with Crippen LogP contribution in [0.2, 0.25) is 0 Å². The molecular formula is C33H48N4O6S. The fourth-order valence-corrected chi connectivity index (χ4v) is 6.25. The molecule has 3 amide bonds. The van der Waals surface area contributed by atoms with Crippen LogP contribution in [-0.2, 0) is 23.9 Å². The van der Waals surface area contributed by atoms with Crippen LogP contribution in [0.15, 0.2) is 29.8 Å². The standard InChI is InChI=1S/C33H48N4O6S/c1-21(23-14-16-24(17-15-23)29-22(2)34-20-44-29)35-31(41)26-18-25(38)19-37(26)32(42)30(33(3,4)5)36-27(39)12-10-8-7-9-11-13-28(40)43-6/h14-17,20-21,25-26,30,38H,7-13,18-19H2,1-6H3,(H,35,41)(H,36,39)/t21-,25+,26-,30?/m0/s1. The van der Waals surface area contributed by atoms with Crippen molar-refractivity contribution in [2.45, 2.75) is 110 Å². The van der Waals surface area contributed by atoms with Gasteiger partial charge in [-0.1, -0.05) is 64.3 Å². The quantitative estimate of drug-likeness (QED) is 0.204. The van der Waals surface area contributed by atoms with Gasteiger partial charge in [0.25, 0.3) is 0 Å². The Kier molecular flexibility index (Phi) is 12.9. The van der Waals surface area contributed by atoms with E-state index in [9.17, 15) is 24.3 Å². The van der Waals surface area contributed by atoms with E-state index >= 15 is 0 Å². The average molecular weight is 629 g/mol. The van der Waals surface area contributed by atoms with Crippen molar-refractivity contribution in [2.75, 3.05) is 13.7 Å². The van der Waals surface area contributed by atoms with E-state index in [0.29, 0.717) is 12.8 Å². The second-order valence-electron chi connectivity index (χ2n) is 12.7. The monoisotopic (exact) mass is 628 g/mol. The van der Waals surface area contributed by atoms with Crippen LogP contribution in [0, 0.1) is 12.3 Å². The summed E-state index contributed by atoms with van der Waals surface area (Å²) in [5.74, 6) is -1.15. The summed E-state index contributed by atoms with van der Waals surface area (Å²) in [5.41, 5.74) is 4.17. The Labute approximate surface area is 265 Å². The number of benzene rings is 1. The van der Waals surface area contributed by atoms with Gasteiger partial charge >= 0.3 is 5.97 Å². The summed E-state index contributed by atoms with van der Waals surface area (Å²) >= 11 is 1.58. The lowest BCUT2D eigenvalue weighted by Crippen LogP contribution is -2.57. The van der Waals surface area contributed by atoms with Crippen molar-refractivity contribution in [3.63, 3.8) is 0 Å². The lowest BCUT2D eigenvalue weighted by molar-refractivity contribution is -0.144. The molecule has 1 aliphatic rings.